The van der Waals surface area contributed by atoms with Gasteiger partial charge in [0.15, 0.2) is 0 Å². The summed E-state index contributed by atoms with van der Waals surface area (Å²) in [5, 5.41) is 2.92. The maximum absolute atomic E-state index is 12.0. The van der Waals surface area contributed by atoms with Crippen LogP contribution in [0.25, 0.3) is 0 Å². The van der Waals surface area contributed by atoms with Crippen molar-refractivity contribution >= 4 is 11.6 Å². The number of hydrogen-bond acceptors (Lipinski definition) is 2. The van der Waals surface area contributed by atoms with Gasteiger partial charge in [0.05, 0.1) is 0 Å². The van der Waals surface area contributed by atoms with E-state index in [-0.39, 0.29) is 5.91 Å². The first kappa shape index (κ1) is 13.1. The Labute approximate surface area is 113 Å². The number of amides is 1. The van der Waals surface area contributed by atoms with Crippen molar-refractivity contribution < 1.29 is 4.79 Å². The molecule has 2 rings (SSSR count). The quantitative estimate of drug-likeness (QED) is 0.824. The van der Waals surface area contributed by atoms with Crippen molar-refractivity contribution in [1.82, 2.24) is 5.32 Å². The van der Waals surface area contributed by atoms with Crippen LogP contribution in [0.5, 0.6) is 0 Å². The van der Waals surface area contributed by atoms with Crippen LogP contribution in [0.1, 0.15) is 28.4 Å². The predicted octanol–water partition coefficient (Wildman–Crippen LogP) is 2.76. The first-order valence-electron chi connectivity index (χ1n) is 6.41. The average Bonchev–Trinajstić information content (AvgIpc) is 2.45. The molecule has 1 amide bonds. The molecule has 0 aliphatic carbocycles. The number of benzene rings is 2. The van der Waals surface area contributed by atoms with E-state index in [0.29, 0.717) is 17.8 Å². The van der Waals surface area contributed by atoms with Crippen LogP contribution in [0.15, 0.2) is 48.5 Å². The fraction of sp³-hybridized carbons (Fsp3) is 0.188. The van der Waals surface area contributed by atoms with E-state index in [0.717, 1.165) is 12.0 Å². The molecule has 0 spiro atoms. The molecule has 0 aromatic heterocycles. The number of carbonyl (C=O) groups is 1. The van der Waals surface area contributed by atoms with E-state index in [4.69, 9.17) is 5.73 Å². The van der Waals surface area contributed by atoms with Gasteiger partial charge >= 0.3 is 0 Å². The van der Waals surface area contributed by atoms with Crippen LogP contribution in [-0.4, -0.2) is 5.91 Å². The van der Waals surface area contributed by atoms with Crippen molar-refractivity contribution in [2.45, 2.75) is 19.9 Å². The normalized spacial score (nSPS) is 10.2. The Balaban J connectivity index is 2.04. The Kier molecular flexibility index (Phi) is 4.18. The Bertz CT molecular complexity index is 578. The van der Waals surface area contributed by atoms with Gasteiger partial charge in [-0.25, -0.2) is 0 Å². The van der Waals surface area contributed by atoms with Crippen LogP contribution in [0.2, 0.25) is 0 Å². The fourth-order valence-corrected chi connectivity index (χ4v) is 2.03. The zero-order valence-corrected chi connectivity index (χ0v) is 11.0. The summed E-state index contributed by atoms with van der Waals surface area (Å²) in [7, 11) is 0. The first-order valence-corrected chi connectivity index (χ1v) is 6.41. The lowest BCUT2D eigenvalue weighted by Gasteiger charge is -2.09. The predicted molar refractivity (Wildman–Crippen MR) is 77.8 cm³/mol. The largest absolute Gasteiger partial charge is 0.399 e. The Morgan fingerprint density at radius 3 is 2.53 bits per heavy atom. The molecule has 0 saturated carbocycles. The molecule has 0 saturated heterocycles. The van der Waals surface area contributed by atoms with E-state index in [9.17, 15) is 4.79 Å². The third-order valence-corrected chi connectivity index (χ3v) is 3.09. The molecular weight excluding hydrogens is 236 g/mol. The average molecular weight is 254 g/mol. The highest BCUT2D eigenvalue weighted by Crippen LogP contribution is 2.10. The van der Waals surface area contributed by atoms with Crippen molar-refractivity contribution in [2.75, 3.05) is 5.73 Å². The van der Waals surface area contributed by atoms with Gasteiger partial charge in [0.1, 0.15) is 0 Å². The molecule has 3 N–H and O–H groups in total. The van der Waals surface area contributed by atoms with Crippen LogP contribution in [0.3, 0.4) is 0 Å². The second kappa shape index (κ2) is 6.05. The molecule has 0 heterocycles. The Morgan fingerprint density at radius 1 is 1.11 bits per heavy atom. The minimum Gasteiger partial charge on any atom is -0.399 e. The maximum Gasteiger partial charge on any atom is 0.251 e. The zero-order chi connectivity index (χ0) is 13.7. The lowest BCUT2D eigenvalue weighted by atomic mass is 10.1. The number of nitrogens with one attached hydrogen (secondary N) is 1. The van der Waals surface area contributed by atoms with E-state index in [1.807, 2.05) is 18.2 Å². The number of hydrogen-bond donors (Lipinski definition) is 2. The van der Waals surface area contributed by atoms with Crippen LogP contribution >= 0.6 is 0 Å². The summed E-state index contributed by atoms with van der Waals surface area (Å²) in [6, 6.07) is 15.1. The van der Waals surface area contributed by atoms with Crippen LogP contribution in [-0.2, 0) is 13.0 Å². The Morgan fingerprint density at radius 2 is 1.84 bits per heavy atom. The second-order valence-electron chi connectivity index (χ2n) is 4.43. The molecule has 0 atom stereocenters. The third kappa shape index (κ3) is 3.35. The fourth-order valence-electron chi connectivity index (χ4n) is 2.03. The number of nitrogens with two attached hydrogens (primary N) is 1. The van der Waals surface area contributed by atoms with Crippen molar-refractivity contribution in [1.29, 1.82) is 0 Å². The molecule has 3 nitrogen and oxygen atoms in total. The standard InChI is InChI=1S/C16H18N2O/c1-2-12-6-3-4-7-14(12)11-18-16(19)13-8-5-9-15(17)10-13/h3-10H,2,11,17H2,1H3,(H,18,19). The highest BCUT2D eigenvalue weighted by atomic mass is 16.1. The van der Waals surface area contributed by atoms with Crippen LogP contribution in [0, 0.1) is 0 Å². The van der Waals surface area contributed by atoms with E-state index in [1.165, 1.54) is 5.56 Å². The molecule has 0 aliphatic heterocycles. The highest BCUT2D eigenvalue weighted by Gasteiger charge is 2.06. The molecule has 0 unspecified atom stereocenters. The molecule has 0 aliphatic rings. The summed E-state index contributed by atoms with van der Waals surface area (Å²) < 4.78 is 0. The van der Waals surface area contributed by atoms with Crippen LogP contribution < -0.4 is 11.1 Å². The van der Waals surface area contributed by atoms with E-state index in [1.54, 1.807) is 24.3 Å². The number of rotatable bonds is 4. The monoisotopic (exact) mass is 254 g/mol. The van der Waals surface area contributed by atoms with E-state index < -0.39 is 0 Å². The minimum atomic E-state index is -0.0989. The zero-order valence-electron chi connectivity index (χ0n) is 11.0. The van der Waals surface area contributed by atoms with Crippen molar-refractivity contribution in [3.63, 3.8) is 0 Å². The first-order chi connectivity index (χ1) is 9.20. The molecule has 2 aromatic rings. The number of aryl methyl sites for hydroxylation is 1. The molecule has 0 bridgehead atoms. The molecule has 3 heteroatoms. The molecule has 98 valence electrons. The summed E-state index contributed by atoms with van der Waals surface area (Å²) in [6.45, 7) is 2.65. The molecule has 2 aromatic carbocycles. The van der Waals surface area contributed by atoms with Gasteiger partial charge in [0.25, 0.3) is 5.91 Å². The number of nitrogen functional groups attached to an aromatic ring is 1. The van der Waals surface area contributed by atoms with Gasteiger partial charge in [-0.15, -0.1) is 0 Å². The second-order valence-corrected chi connectivity index (χ2v) is 4.43. The van der Waals surface area contributed by atoms with Crippen LogP contribution in [0.4, 0.5) is 5.69 Å². The van der Waals surface area contributed by atoms with Gasteiger partial charge in [0.2, 0.25) is 0 Å². The molecule has 0 fully saturated rings. The Hall–Kier alpha value is -2.29. The lowest BCUT2D eigenvalue weighted by molar-refractivity contribution is 0.0951. The topological polar surface area (TPSA) is 55.1 Å². The lowest BCUT2D eigenvalue weighted by Crippen LogP contribution is -2.23. The van der Waals surface area contributed by atoms with Gasteiger partial charge in [-0.05, 0) is 35.7 Å². The number of carbonyl (C=O) groups excluding carboxylic acids is 1. The van der Waals surface area contributed by atoms with Gasteiger partial charge < -0.3 is 11.1 Å². The van der Waals surface area contributed by atoms with Gasteiger partial charge in [-0.3, -0.25) is 4.79 Å². The molecule has 0 radical (unpaired) electrons. The van der Waals surface area contributed by atoms with E-state index in [2.05, 4.69) is 18.3 Å². The smallest absolute Gasteiger partial charge is 0.251 e. The summed E-state index contributed by atoms with van der Waals surface area (Å²) in [5.74, 6) is -0.0989. The van der Waals surface area contributed by atoms with Gasteiger partial charge in [0, 0.05) is 17.8 Å². The van der Waals surface area contributed by atoms with E-state index >= 15 is 0 Å². The highest BCUT2D eigenvalue weighted by molar-refractivity contribution is 5.94. The summed E-state index contributed by atoms with van der Waals surface area (Å²) in [4.78, 5) is 12.0. The van der Waals surface area contributed by atoms with Crippen molar-refractivity contribution in [3.05, 3.63) is 65.2 Å². The summed E-state index contributed by atoms with van der Waals surface area (Å²) in [6.07, 6.45) is 0.963. The summed E-state index contributed by atoms with van der Waals surface area (Å²) >= 11 is 0. The molecule has 19 heavy (non-hydrogen) atoms. The van der Waals surface area contributed by atoms with Gasteiger partial charge in [-0.1, -0.05) is 37.3 Å². The van der Waals surface area contributed by atoms with Crippen molar-refractivity contribution in [2.24, 2.45) is 0 Å². The maximum atomic E-state index is 12.0. The van der Waals surface area contributed by atoms with Gasteiger partial charge in [-0.2, -0.15) is 0 Å². The SMILES string of the molecule is CCc1ccccc1CNC(=O)c1cccc(N)c1. The third-order valence-electron chi connectivity index (χ3n) is 3.09. The number of anilines is 1. The van der Waals surface area contributed by atoms with Crippen molar-refractivity contribution in [3.8, 4) is 0 Å². The molecular formula is C16H18N2O. The summed E-state index contributed by atoms with van der Waals surface area (Å²) in [5.41, 5.74) is 9.27. The minimum absolute atomic E-state index is 0.0989.